The summed E-state index contributed by atoms with van der Waals surface area (Å²) < 4.78 is 6.10. The molecular formula is C22H22O2. The van der Waals surface area contributed by atoms with Gasteiger partial charge in [0.25, 0.3) is 0 Å². The third kappa shape index (κ3) is 2.56. The van der Waals surface area contributed by atoms with Crippen LogP contribution in [0.15, 0.2) is 72.8 Å². The molecule has 24 heavy (non-hydrogen) atoms. The van der Waals surface area contributed by atoms with Crippen molar-refractivity contribution in [2.75, 3.05) is 0 Å². The Kier molecular flexibility index (Phi) is 3.97. The molecule has 0 bridgehead atoms. The predicted molar refractivity (Wildman–Crippen MR) is 94.4 cm³/mol. The van der Waals surface area contributed by atoms with E-state index in [2.05, 4.69) is 12.2 Å². The first-order valence-electron chi connectivity index (χ1n) is 8.78. The summed E-state index contributed by atoms with van der Waals surface area (Å²) in [6, 6.07) is 20.0. The fourth-order valence-electron chi connectivity index (χ4n) is 4.01. The minimum Gasteiger partial charge on any atom is -0.452 e. The fourth-order valence-corrected chi connectivity index (χ4v) is 4.01. The van der Waals surface area contributed by atoms with E-state index in [-0.39, 0.29) is 17.5 Å². The van der Waals surface area contributed by atoms with Crippen molar-refractivity contribution in [2.24, 2.45) is 11.3 Å². The summed E-state index contributed by atoms with van der Waals surface area (Å²) in [5.41, 5.74) is 1.66. The number of allylic oxidation sites excluding steroid dienone is 1. The SMILES string of the molecule is O=C(OC(c1ccccc1)c1ccccc1)C12C=CCCC1CC2. The monoisotopic (exact) mass is 318 g/mol. The average Bonchev–Trinajstić information content (AvgIpc) is 2.62. The van der Waals surface area contributed by atoms with Gasteiger partial charge in [0.15, 0.2) is 6.10 Å². The van der Waals surface area contributed by atoms with E-state index in [1.165, 1.54) is 0 Å². The molecule has 2 aliphatic rings. The van der Waals surface area contributed by atoms with E-state index in [1.807, 2.05) is 60.7 Å². The molecule has 0 N–H and O–H groups in total. The van der Waals surface area contributed by atoms with Gasteiger partial charge in [-0.15, -0.1) is 0 Å². The molecule has 0 aromatic heterocycles. The molecule has 4 rings (SSSR count). The Morgan fingerprint density at radius 1 is 0.958 bits per heavy atom. The Hall–Kier alpha value is -2.35. The van der Waals surface area contributed by atoms with Crippen molar-refractivity contribution in [2.45, 2.75) is 31.8 Å². The molecule has 2 nitrogen and oxygen atoms in total. The zero-order chi connectivity index (χ0) is 16.4. The molecular weight excluding hydrogens is 296 g/mol. The van der Waals surface area contributed by atoms with Crippen molar-refractivity contribution in [3.8, 4) is 0 Å². The molecule has 0 spiro atoms. The highest BCUT2D eigenvalue weighted by molar-refractivity contribution is 5.81. The fraction of sp³-hybridized carbons (Fsp3) is 0.318. The second kappa shape index (κ2) is 6.27. The Morgan fingerprint density at radius 2 is 1.58 bits per heavy atom. The van der Waals surface area contributed by atoms with Crippen molar-refractivity contribution in [3.05, 3.63) is 83.9 Å². The maximum Gasteiger partial charge on any atom is 0.317 e. The Morgan fingerprint density at radius 3 is 2.08 bits per heavy atom. The molecule has 2 heteroatoms. The van der Waals surface area contributed by atoms with Crippen LogP contribution in [0.4, 0.5) is 0 Å². The average molecular weight is 318 g/mol. The summed E-state index contributed by atoms with van der Waals surface area (Å²) in [4.78, 5) is 13.1. The summed E-state index contributed by atoms with van der Waals surface area (Å²) in [5.74, 6) is 0.398. The van der Waals surface area contributed by atoms with Crippen LogP contribution in [0, 0.1) is 11.3 Å². The topological polar surface area (TPSA) is 26.3 Å². The molecule has 1 fully saturated rings. The highest BCUT2D eigenvalue weighted by Gasteiger charge is 2.53. The zero-order valence-electron chi connectivity index (χ0n) is 13.7. The van der Waals surface area contributed by atoms with Crippen molar-refractivity contribution in [3.63, 3.8) is 0 Å². The molecule has 2 aliphatic carbocycles. The van der Waals surface area contributed by atoms with E-state index in [0.717, 1.165) is 36.8 Å². The maximum absolute atomic E-state index is 13.1. The van der Waals surface area contributed by atoms with Crippen molar-refractivity contribution < 1.29 is 9.53 Å². The van der Waals surface area contributed by atoms with Gasteiger partial charge in [-0.05, 0) is 42.7 Å². The minimum absolute atomic E-state index is 0.0626. The van der Waals surface area contributed by atoms with Gasteiger partial charge >= 0.3 is 5.97 Å². The summed E-state index contributed by atoms with van der Waals surface area (Å²) in [5, 5.41) is 0. The molecule has 0 radical (unpaired) electrons. The molecule has 1 saturated carbocycles. The van der Waals surface area contributed by atoms with Crippen LogP contribution in [-0.4, -0.2) is 5.97 Å². The van der Waals surface area contributed by atoms with Crippen LogP contribution in [-0.2, 0) is 9.53 Å². The van der Waals surface area contributed by atoms with Gasteiger partial charge in [-0.2, -0.15) is 0 Å². The van der Waals surface area contributed by atoms with E-state index in [4.69, 9.17) is 4.74 Å². The molecule has 2 aromatic carbocycles. The minimum atomic E-state index is -0.375. The number of rotatable bonds is 4. The van der Waals surface area contributed by atoms with Gasteiger partial charge in [0.2, 0.25) is 0 Å². The van der Waals surface area contributed by atoms with Gasteiger partial charge in [0, 0.05) is 0 Å². The van der Waals surface area contributed by atoms with Crippen molar-refractivity contribution in [1.29, 1.82) is 0 Å². The lowest BCUT2D eigenvalue weighted by Gasteiger charge is -2.48. The second-order valence-corrected chi connectivity index (χ2v) is 6.86. The maximum atomic E-state index is 13.1. The largest absolute Gasteiger partial charge is 0.452 e. The number of carbonyl (C=O) groups is 1. The molecule has 0 amide bonds. The normalized spacial score (nSPS) is 25.0. The molecule has 0 heterocycles. The zero-order valence-corrected chi connectivity index (χ0v) is 13.7. The predicted octanol–water partition coefficient (Wildman–Crippen LogP) is 5.07. The van der Waals surface area contributed by atoms with Crippen LogP contribution in [0.5, 0.6) is 0 Å². The van der Waals surface area contributed by atoms with Gasteiger partial charge in [-0.1, -0.05) is 72.8 Å². The molecule has 2 aromatic rings. The Bertz CT molecular complexity index is 696. The highest BCUT2D eigenvalue weighted by atomic mass is 16.5. The quantitative estimate of drug-likeness (QED) is 0.581. The molecule has 0 aliphatic heterocycles. The van der Waals surface area contributed by atoms with Gasteiger partial charge in [-0.25, -0.2) is 0 Å². The molecule has 122 valence electrons. The lowest BCUT2D eigenvalue weighted by atomic mass is 9.56. The lowest BCUT2D eigenvalue weighted by molar-refractivity contribution is -0.167. The van der Waals surface area contributed by atoms with Gasteiger partial charge in [0.1, 0.15) is 0 Å². The standard InChI is InChI=1S/C22H22O2/c23-21(22-15-8-7-13-19(22)14-16-22)24-20(17-9-3-1-4-10-17)18-11-5-2-6-12-18/h1-6,8-12,15,19-20H,7,13-14,16H2. The van der Waals surface area contributed by atoms with Crippen LogP contribution in [0.3, 0.4) is 0 Å². The van der Waals surface area contributed by atoms with Crippen LogP contribution < -0.4 is 0 Å². The summed E-state index contributed by atoms with van der Waals surface area (Å²) in [6.07, 6.45) is 8.17. The van der Waals surface area contributed by atoms with Crippen molar-refractivity contribution in [1.82, 2.24) is 0 Å². The number of esters is 1. The summed E-state index contributed by atoms with van der Waals surface area (Å²) in [6.45, 7) is 0. The van der Waals surface area contributed by atoms with E-state index in [9.17, 15) is 4.79 Å². The first kappa shape index (κ1) is 15.2. The molecule has 0 saturated heterocycles. The number of benzene rings is 2. The van der Waals surface area contributed by atoms with Crippen LogP contribution in [0.25, 0.3) is 0 Å². The van der Waals surface area contributed by atoms with Crippen LogP contribution in [0.2, 0.25) is 0 Å². The van der Waals surface area contributed by atoms with E-state index in [1.54, 1.807) is 0 Å². The van der Waals surface area contributed by atoms with Gasteiger partial charge in [0.05, 0.1) is 5.41 Å². The molecule has 2 unspecified atom stereocenters. The number of carbonyl (C=O) groups excluding carboxylic acids is 1. The summed E-state index contributed by atoms with van der Waals surface area (Å²) in [7, 11) is 0. The summed E-state index contributed by atoms with van der Waals surface area (Å²) >= 11 is 0. The first-order valence-corrected chi connectivity index (χ1v) is 8.78. The van der Waals surface area contributed by atoms with Gasteiger partial charge < -0.3 is 4.74 Å². The van der Waals surface area contributed by atoms with Gasteiger partial charge in [-0.3, -0.25) is 4.79 Å². The third-order valence-electron chi connectivity index (χ3n) is 5.54. The number of hydrogen-bond acceptors (Lipinski definition) is 2. The third-order valence-corrected chi connectivity index (χ3v) is 5.54. The van der Waals surface area contributed by atoms with E-state index < -0.39 is 0 Å². The smallest absolute Gasteiger partial charge is 0.317 e. The second-order valence-electron chi connectivity index (χ2n) is 6.86. The van der Waals surface area contributed by atoms with Crippen molar-refractivity contribution >= 4 is 5.97 Å². The van der Waals surface area contributed by atoms with Crippen LogP contribution in [0.1, 0.15) is 42.9 Å². The van der Waals surface area contributed by atoms with E-state index >= 15 is 0 Å². The van der Waals surface area contributed by atoms with E-state index in [0.29, 0.717) is 5.92 Å². The Balaban J connectivity index is 1.64. The van der Waals surface area contributed by atoms with Crippen LogP contribution >= 0.6 is 0 Å². The molecule has 2 atom stereocenters. The number of ether oxygens (including phenoxy) is 1. The Labute approximate surface area is 143 Å². The first-order chi connectivity index (χ1) is 11.8. The number of fused-ring (bicyclic) bond motifs is 1. The number of hydrogen-bond donors (Lipinski definition) is 0. The highest BCUT2D eigenvalue weighted by Crippen LogP contribution is 2.54. The lowest BCUT2D eigenvalue weighted by Crippen LogP contribution is -2.47.